The number of hydrogen-bond acceptors (Lipinski definition) is 4. The minimum absolute atomic E-state index is 0.546. The first kappa shape index (κ1) is 10.6. The van der Waals surface area contributed by atoms with E-state index in [1.165, 1.54) is 0 Å². The minimum Gasteiger partial charge on any atom is -0.343 e. The Morgan fingerprint density at radius 2 is 2.53 bits per heavy atom. The second kappa shape index (κ2) is 4.77. The van der Waals surface area contributed by atoms with Crippen LogP contribution in [0.1, 0.15) is 6.92 Å². The zero-order valence-electron chi connectivity index (χ0n) is 9.09. The monoisotopic (exact) mass is 223 g/mol. The first-order chi connectivity index (χ1) is 7.31. The Bertz CT molecular complexity index is 310. The van der Waals surface area contributed by atoms with Gasteiger partial charge in [-0.25, -0.2) is 4.98 Å². The van der Waals surface area contributed by atoms with E-state index >= 15 is 0 Å². The van der Waals surface area contributed by atoms with Gasteiger partial charge >= 0.3 is 0 Å². The summed E-state index contributed by atoms with van der Waals surface area (Å²) in [5.74, 6) is 0. The molecule has 1 aliphatic rings. The molecule has 3 nitrogen and oxygen atoms in total. The number of thiazole rings is 1. The molecule has 1 atom stereocenters. The molecule has 0 radical (unpaired) electrons. The predicted molar refractivity (Wildman–Crippen MR) is 65.6 cm³/mol. The highest BCUT2D eigenvalue weighted by Gasteiger charge is 2.24. The number of hydrogen-bond donors (Lipinski definition) is 0. The van der Waals surface area contributed by atoms with Crippen LogP contribution in [-0.4, -0.2) is 42.1 Å². The van der Waals surface area contributed by atoms with Gasteiger partial charge in [0, 0.05) is 43.8 Å². The summed E-state index contributed by atoms with van der Waals surface area (Å²) in [6, 6.07) is 0.546. The lowest BCUT2D eigenvalue weighted by Gasteiger charge is -2.39. The van der Waals surface area contributed by atoms with E-state index < -0.39 is 0 Å². The fourth-order valence-electron chi connectivity index (χ4n) is 2.02. The van der Waals surface area contributed by atoms with Crippen molar-refractivity contribution in [2.75, 3.05) is 31.1 Å². The first-order valence-electron chi connectivity index (χ1n) is 5.30. The molecule has 1 aromatic rings. The summed E-state index contributed by atoms with van der Waals surface area (Å²) in [5, 5.41) is 3.19. The van der Waals surface area contributed by atoms with Gasteiger partial charge in [0.25, 0.3) is 0 Å². The maximum Gasteiger partial charge on any atom is 0.185 e. The van der Waals surface area contributed by atoms with E-state index in [1.54, 1.807) is 11.3 Å². The topological polar surface area (TPSA) is 19.4 Å². The van der Waals surface area contributed by atoms with Gasteiger partial charge in [0.1, 0.15) is 0 Å². The molecule has 2 heterocycles. The molecular formula is C11H17N3S. The molecule has 0 saturated carbocycles. The lowest BCUT2D eigenvalue weighted by molar-refractivity contribution is 0.251. The third kappa shape index (κ3) is 2.38. The van der Waals surface area contributed by atoms with Crippen LogP contribution in [0.15, 0.2) is 24.2 Å². The summed E-state index contributed by atoms with van der Waals surface area (Å²) in [7, 11) is 0. The maximum atomic E-state index is 4.37. The van der Waals surface area contributed by atoms with E-state index in [1.807, 2.05) is 17.7 Å². The second-order valence-electron chi connectivity index (χ2n) is 3.91. The molecule has 82 valence electrons. The zero-order chi connectivity index (χ0) is 10.7. The summed E-state index contributed by atoms with van der Waals surface area (Å²) >= 11 is 1.72. The quantitative estimate of drug-likeness (QED) is 0.729. The molecule has 1 saturated heterocycles. The van der Waals surface area contributed by atoms with Gasteiger partial charge in [0.05, 0.1) is 0 Å². The normalized spacial score (nSPS) is 23.0. The Hall–Kier alpha value is -0.870. The molecule has 2 rings (SSSR count). The van der Waals surface area contributed by atoms with E-state index in [2.05, 4.69) is 28.3 Å². The van der Waals surface area contributed by atoms with Crippen molar-refractivity contribution in [3.8, 4) is 0 Å². The Morgan fingerprint density at radius 3 is 3.13 bits per heavy atom. The standard InChI is InChI=1S/C11H17N3S/c1-3-5-13-6-7-14(10(2)9-13)11-12-4-8-15-11/h3-4,8,10H,1,5-7,9H2,2H3. The predicted octanol–water partition coefficient (Wildman–Crippen LogP) is 1.84. The Labute approximate surface area is 95.0 Å². The third-order valence-electron chi connectivity index (χ3n) is 2.76. The van der Waals surface area contributed by atoms with E-state index in [4.69, 9.17) is 0 Å². The molecule has 0 aliphatic carbocycles. The van der Waals surface area contributed by atoms with Crippen LogP contribution in [0.2, 0.25) is 0 Å². The molecule has 1 unspecified atom stereocenters. The maximum absolute atomic E-state index is 4.37. The fourth-order valence-corrected chi connectivity index (χ4v) is 2.80. The SMILES string of the molecule is C=CCN1CCN(c2nccs2)C(C)C1. The summed E-state index contributed by atoms with van der Waals surface area (Å²) in [6.45, 7) is 10.3. The van der Waals surface area contributed by atoms with Crippen LogP contribution in [0.3, 0.4) is 0 Å². The van der Waals surface area contributed by atoms with Crippen molar-refractivity contribution >= 4 is 16.5 Å². The van der Waals surface area contributed by atoms with Gasteiger partial charge in [-0.05, 0) is 6.92 Å². The smallest absolute Gasteiger partial charge is 0.185 e. The minimum atomic E-state index is 0.546. The van der Waals surface area contributed by atoms with Crippen LogP contribution in [0, 0.1) is 0 Å². The van der Waals surface area contributed by atoms with Gasteiger partial charge < -0.3 is 4.90 Å². The summed E-state index contributed by atoms with van der Waals surface area (Å²) in [4.78, 5) is 9.19. The molecule has 0 spiro atoms. The van der Waals surface area contributed by atoms with Gasteiger partial charge in [-0.15, -0.1) is 17.9 Å². The van der Waals surface area contributed by atoms with Gasteiger partial charge in [-0.2, -0.15) is 0 Å². The molecular weight excluding hydrogens is 206 g/mol. The van der Waals surface area contributed by atoms with Gasteiger partial charge in [-0.1, -0.05) is 6.08 Å². The third-order valence-corrected chi connectivity index (χ3v) is 3.57. The van der Waals surface area contributed by atoms with E-state index in [0.717, 1.165) is 31.3 Å². The molecule has 0 bridgehead atoms. The molecule has 15 heavy (non-hydrogen) atoms. The average Bonchev–Trinajstić information content (AvgIpc) is 2.71. The van der Waals surface area contributed by atoms with Crippen molar-refractivity contribution in [1.82, 2.24) is 9.88 Å². The van der Waals surface area contributed by atoms with Gasteiger partial charge in [0.15, 0.2) is 5.13 Å². The van der Waals surface area contributed by atoms with Crippen LogP contribution in [0.25, 0.3) is 0 Å². The van der Waals surface area contributed by atoms with Crippen LogP contribution in [-0.2, 0) is 0 Å². The van der Waals surface area contributed by atoms with Gasteiger partial charge in [-0.3, -0.25) is 4.90 Å². The van der Waals surface area contributed by atoms with Crippen LogP contribution in [0.5, 0.6) is 0 Å². The molecule has 0 amide bonds. The van der Waals surface area contributed by atoms with Crippen LogP contribution >= 0.6 is 11.3 Å². The first-order valence-corrected chi connectivity index (χ1v) is 6.18. The molecule has 1 aromatic heterocycles. The summed E-state index contributed by atoms with van der Waals surface area (Å²) in [5.41, 5.74) is 0. The van der Waals surface area contributed by atoms with Crippen molar-refractivity contribution < 1.29 is 0 Å². The summed E-state index contributed by atoms with van der Waals surface area (Å²) in [6.07, 6.45) is 3.86. The fraction of sp³-hybridized carbons (Fsp3) is 0.545. The molecule has 0 N–H and O–H groups in total. The van der Waals surface area contributed by atoms with Crippen molar-refractivity contribution in [1.29, 1.82) is 0 Å². The number of aromatic nitrogens is 1. The number of anilines is 1. The van der Waals surface area contributed by atoms with Crippen molar-refractivity contribution in [3.63, 3.8) is 0 Å². The highest BCUT2D eigenvalue weighted by molar-refractivity contribution is 7.13. The molecule has 0 aromatic carbocycles. The van der Waals surface area contributed by atoms with Crippen molar-refractivity contribution in [2.24, 2.45) is 0 Å². The number of nitrogens with zero attached hydrogens (tertiary/aromatic N) is 3. The molecule has 1 aliphatic heterocycles. The Balaban J connectivity index is 1.98. The van der Waals surface area contributed by atoms with Crippen LogP contribution in [0.4, 0.5) is 5.13 Å². The molecule has 4 heteroatoms. The van der Waals surface area contributed by atoms with E-state index in [9.17, 15) is 0 Å². The summed E-state index contributed by atoms with van der Waals surface area (Å²) < 4.78 is 0. The number of rotatable bonds is 3. The van der Waals surface area contributed by atoms with Crippen LogP contribution < -0.4 is 4.90 Å². The van der Waals surface area contributed by atoms with Gasteiger partial charge in [0.2, 0.25) is 0 Å². The van der Waals surface area contributed by atoms with E-state index in [0.29, 0.717) is 6.04 Å². The lowest BCUT2D eigenvalue weighted by atomic mass is 10.2. The Kier molecular flexibility index (Phi) is 3.38. The highest BCUT2D eigenvalue weighted by Crippen LogP contribution is 2.22. The molecule has 1 fully saturated rings. The van der Waals surface area contributed by atoms with E-state index in [-0.39, 0.29) is 0 Å². The lowest BCUT2D eigenvalue weighted by Crippen LogP contribution is -2.51. The Morgan fingerprint density at radius 1 is 1.67 bits per heavy atom. The van der Waals surface area contributed by atoms with Crippen molar-refractivity contribution in [3.05, 3.63) is 24.2 Å². The second-order valence-corrected chi connectivity index (χ2v) is 4.78. The number of piperazine rings is 1. The average molecular weight is 223 g/mol. The van der Waals surface area contributed by atoms with Crippen molar-refractivity contribution in [2.45, 2.75) is 13.0 Å². The zero-order valence-corrected chi connectivity index (χ0v) is 9.91. The largest absolute Gasteiger partial charge is 0.343 e. The highest BCUT2D eigenvalue weighted by atomic mass is 32.1.